The van der Waals surface area contributed by atoms with Crippen molar-refractivity contribution in [2.75, 3.05) is 11.9 Å². The van der Waals surface area contributed by atoms with Crippen LogP contribution in [0.2, 0.25) is 0 Å². The van der Waals surface area contributed by atoms with Crippen LogP contribution in [-0.2, 0) is 19.1 Å². The molecule has 0 radical (unpaired) electrons. The van der Waals surface area contributed by atoms with Crippen LogP contribution in [0, 0.1) is 20.8 Å². The van der Waals surface area contributed by atoms with Gasteiger partial charge in [0, 0.05) is 18.7 Å². The number of hydrogen-bond donors (Lipinski definition) is 3. The van der Waals surface area contributed by atoms with Crippen LogP contribution < -0.4 is 16.4 Å². The maximum atomic E-state index is 13.9. The van der Waals surface area contributed by atoms with Gasteiger partial charge in [0.1, 0.15) is 17.7 Å². The number of ether oxygens (including phenoxy) is 1. The second-order valence-corrected chi connectivity index (χ2v) is 10.4. The van der Waals surface area contributed by atoms with Crippen molar-refractivity contribution in [1.82, 2.24) is 10.2 Å². The van der Waals surface area contributed by atoms with Crippen molar-refractivity contribution in [2.45, 2.75) is 79.0 Å². The number of hydrogen-bond acceptors (Lipinski definition) is 5. The number of rotatable bonds is 10. The number of primary amides is 1. The molecular formula is C29H40N4O5. The highest BCUT2D eigenvalue weighted by atomic mass is 16.6. The molecule has 0 aliphatic rings. The number of carbonyl (C=O) groups excluding carboxylic acids is 4. The SMILES string of the molecule is CCN(C(=O)C(CCC(N)=O)NC(=O)OC(C)(C)C)C(C(=O)Nc1ccccc1C)c1ccc(C)cc1C. The van der Waals surface area contributed by atoms with E-state index in [0.717, 1.165) is 16.7 Å². The van der Waals surface area contributed by atoms with Gasteiger partial charge in [0.2, 0.25) is 11.8 Å². The number of amides is 4. The smallest absolute Gasteiger partial charge is 0.408 e. The van der Waals surface area contributed by atoms with Gasteiger partial charge in [0.05, 0.1) is 0 Å². The largest absolute Gasteiger partial charge is 0.444 e. The summed E-state index contributed by atoms with van der Waals surface area (Å²) < 4.78 is 5.34. The number of carbonyl (C=O) groups is 4. The quantitative estimate of drug-likeness (QED) is 0.427. The molecule has 0 aliphatic carbocycles. The van der Waals surface area contributed by atoms with Gasteiger partial charge in [-0.1, -0.05) is 42.0 Å². The zero-order chi connectivity index (χ0) is 28.6. The molecule has 0 heterocycles. The summed E-state index contributed by atoms with van der Waals surface area (Å²) in [5.74, 6) is -1.53. The number of nitrogens with two attached hydrogens (primary N) is 1. The topological polar surface area (TPSA) is 131 Å². The second-order valence-electron chi connectivity index (χ2n) is 10.4. The number of likely N-dealkylation sites (N-methyl/N-ethyl adjacent to an activating group) is 1. The molecule has 2 aromatic carbocycles. The number of alkyl carbamates (subject to hydrolysis) is 1. The van der Waals surface area contributed by atoms with E-state index in [2.05, 4.69) is 10.6 Å². The molecule has 4 N–H and O–H groups in total. The van der Waals surface area contributed by atoms with Crippen LogP contribution in [0.1, 0.15) is 68.8 Å². The van der Waals surface area contributed by atoms with E-state index in [-0.39, 0.29) is 19.4 Å². The molecule has 4 amide bonds. The van der Waals surface area contributed by atoms with Gasteiger partial charge in [0.15, 0.2) is 0 Å². The molecule has 38 heavy (non-hydrogen) atoms. The van der Waals surface area contributed by atoms with E-state index in [4.69, 9.17) is 10.5 Å². The van der Waals surface area contributed by atoms with E-state index in [1.165, 1.54) is 4.90 Å². The minimum Gasteiger partial charge on any atom is -0.444 e. The van der Waals surface area contributed by atoms with Crippen LogP contribution in [0.4, 0.5) is 10.5 Å². The van der Waals surface area contributed by atoms with Gasteiger partial charge in [-0.05, 0) is 77.6 Å². The van der Waals surface area contributed by atoms with E-state index >= 15 is 0 Å². The number of aryl methyl sites for hydroxylation is 3. The van der Waals surface area contributed by atoms with Crippen molar-refractivity contribution in [3.05, 3.63) is 64.7 Å². The van der Waals surface area contributed by atoms with Crippen LogP contribution in [0.5, 0.6) is 0 Å². The first-order valence-corrected chi connectivity index (χ1v) is 12.8. The summed E-state index contributed by atoms with van der Waals surface area (Å²) in [6, 6.07) is 10.9. The summed E-state index contributed by atoms with van der Waals surface area (Å²) in [5, 5.41) is 5.54. The monoisotopic (exact) mass is 524 g/mol. The Hall–Kier alpha value is -3.88. The second kappa shape index (κ2) is 13.1. The van der Waals surface area contributed by atoms with Crippen molar-refractivity contribution in [2.24, 2.45) is 5.73 Å². The average Bonchev–Trinajstić information content (AvgIpc) is 2.80. The molecule has 0 fully saturated rings. The number of nitrogens with one attached hydrogen (secondary N) is 2. The van der Waals surface area contributed by atoms with Crippen molar-refractivity contribution >= 4 is 29.5 Å². The summed E-state index contributed by atoms with van der Waals surface area (Å²) in [5.41, 5.74) is 8.58. The van der Waals surface area contributed by atoms with Crippen molar-refractivity contribution in [1.29, 1.82) is 0 Å². The van der Waals surface area contributed by atoms with Gasteiger partial charge < -0.3 is 26.0 Å². The highest BCUT2D eigenvalue weighted by molar-refractivity contribution is 5.99. The highest BCUT2D eigenvalue weighted by Crippen LogP contribution is 2.28. The molecule has 0 saturated heterocycles. The van der Waals surface area contributed by atoms with Crippen LogP contribution in [-0.4, -0.2) is 46.9 Å². The molecule has 0 aliphatic heterocycles. The summed E-state index contributed by atoms with van der Waals surface area (Å²) in [6.07, 6.45) is -0.972. The summed E-state index contributed by atoms with van der Waals surface area (Å²) in [4.78, 5) is 53.3. The zero-order valence-corrected chi connectivity index (χ0v) is 23.4. The molecule has 0 spiro atoms. The number of anilines is 1. The maximum Gasteiger partial charge on any atom is 0.408 e. The lowest BCUT2D eigenvalue weighted by Gasteiger charge is -2.34. The van der Waals surface area contributed by atoms with Gasteiger partial charge in [-0.15, -0.1) is 0 Å². The fraction of sp³-hybridized carbons (Fsp3) is 0.448. The molecule has 9 heteroatoms. The number of para-hydroxylation sites is 1. The Balaban J connectivity index is 2.51. The number of benzene rings is 2. The van der Waals surface area contributed by atoms with Crippen LogP contribution in [0.3, 0.4) is 0 Å². The van der Waals surface area contributed by atoms with E-state index < -0.39 is 41.5 Å². The van der Waals surface area contributed by atoms with Crippen molar-refractivity contribution < 1.29 is 23.9 Å². The average molecular weight is 525 g/mol. The predicted octanol–water partition coefficient (Wildman–Crippen LogP) is 4.30. The molecular weight excluding hydrogens is 484 g/mol. The first kappa shape index (κ1) is 30.3. The lowest BCUT2D eigenvalue weighted by Crippen LogP contribution is -2.52. The number of nitrogens with zero attached hydrogens (tertiary/aromatic N) is 1. The Morgan fingerprint density at radius 1 is 1.00 bits per heavy atom. The normalized spacial score (nSPS) is 12.7. The molecule has 9 nitrogen and oxygen atoms in total. The Labute approximate surface area is 225 Å². The molecule has 2 atom stereocenters. The Morgan fingerprint density at radius 3 is 2.21 bits per heavy atom. The summed E-state index contributed by atoms with van der Waals surface area (Å²) in [6.45, 7) is 12.8. The van der Waals surface area contributed by atoms with Crippen molar-refractivity contribution in [3.63, 3.8) is 0 Å². The van der Waals surface area contributed by atoms with E-state index in [1.807, 2.05) is 57.2 Å². The van der Waals surface area contributed by atoms with Gasteiger partial charge in [-0.3, -0.25) is 14.4 Å². The third-order valence-electron chi connectivity index (χ3n) is 5.98. The molecule has 2 unspecified atom stereocenters. The molecule has 0 bridgehead atoms. The van der Waals surface area contributed by atoms with Crippen molar-refractivity contribution in [3.8, 4) is 0 Å². The summed E-state index contributed by atoms with van der Waals surface area (Å²) in [7, 11) is 0. The lowest BCUT2D eigenvalue weighted by atomic mass is 9.96. The molecule has 2 aromatic rings. The third kappa shape index (κ3) is 8.61. The zero-order valence-electron chi connectivity index (χ0n) is 23.4. The fourth-order valence-corrected chi connectivity index (χ4v) is 4.16. The molecule has 206 valence electrons. The first-order valence-electron chi connectivity index (χ1n) is 12.8. The molecule has 0 aromatic heterocycles. The maximum absolute atomic E-state index is 13.9. The lowest BCUT2D eigenvalue weighted by molar-refractivity contribution is -0.140. The first-order chi connectivity index (χ1) is 17.7. The van der Waals surface area contributed by atoms with Crippen LogP contribution in [0.25, 0.3) is 0 Å². The van der Waals surface area contributed by atoms with Gasteiger partial charge in [0.25, 0.3) is 5.91 Å². The Kier molecular flexibility index (Phi) is 10.4. The van der Waals surface area contributed by atoms with Gasteiger partial charge >= 0.3 is 6.09 Å². The van der Waals surface area contributed by atoms with Gasteiger partial charge in [-0.25, -0.2) is 4.79 Å². The summed E-state index contributed by atoms with van der Waals surface area (Å²) >= 11 is 0. The molecule has 2 rings (SSSR count). The minimum atomic E-state index is -1.13. The van der Waals surface area contributed by atoms with E-state index in [1.54, 1.807) is 33.8 Å². The minimum absolute atomic E-state index is 0.0388. The Morgan fingerprint density at radius 2 is 1.66 bits per heavy atom. The highest BCUT2D eigenvalue weighted by Gasteiger charge is 2.36. The standard InChI is InChI=1S/C29H40N4O5/c1-8-33(27(36)23(15-16-24(30)34)32-28(37)38-29(5,6)7)25(21-14-13-18(2)17-20(21)4)26(35)31-22-12-10-9-11-19(22)3/h9-14,17,23,25H,8,15-16H2,1-7H3,(H2,30,34)(H,31,35)(H,32,37). The van der Waals surface area contributed by atoms with Crippen LogP contribution >= 0.6 is 0 Å². The van der Waals surface area contributed by atoms with Crippen LogP contribution in [0.15, 0.2) is 42.5 Å². The fourth-order valence-electron chi connectivity index (χ4n) is 4.16. The predicted molar refractivity (Wildman–Crippen MR) is 147 cm³/mol. The molecule has 0 saturated carbocycles. The Bertz CT molecular complexity index is 1170. The van der Waals surface area contributed by atoms with E-state index in [9.17, 15) is 19.2 Å². The van der Waals surface area contributed by atoms with E-state index in [0.29, 0.717) is 11.3 Å². The van der Waals surface area contributed by atoms with Gasteiger partial charge in [-0.2, -0.15) is 0 Å². The third-order valence-corrected chi connectivity index (χ3v) is 5.98.